The van der Waals surface area contributed by atoms with Gasteiger partial charge < -0.3 is 5.11 Å². The van der Waals surface area contributed by atoms with Crippen LogP contribution in [0.25, 0.3) is 0 Å². The van der Waals surface area contributed by atoms with Gasteiger partial charge in [0.25, 0.3) is 5.91 Å². The lowest BCUT2D eigenvalue weighted by molar-refractivity contribution is 0.0954. The molecule has 0 saturated carbocycles. The van der Waals surface area contributed by atoms with Crippen molar-refractivity contribution in [1.82, 2.24) is 5.43 Å². The summed E-state index contributed by atoms with van der Waals surface area (Å²) in [5, 5.41) is 13.0. The van der Waals surface area contributed by atoms with Crippen molar-refractivity contribution in [2.45, 2.75) is 20.8 Å². The highest BCUT2D eigenvalue weighted by Crippen LogP contribution is 2.09. The third kappa shape index (κ3) is 3.38. The lowest BCUT2D eigenvalue weighted by Crippen LogP contribution is -2.20. The Kier molecular flexibility index (Phi) is 4.05. The maximum atomic E-state index is 11.6. The molecule has 4 heteroatoms. The fourth-order valence-electron chi connectivity index (χ4n) is 0.945. The number of phenolic OH excluding ortho intramolecular Hbond substituents is 1. The highest BCUT2D eigenvalue weighted by Gasteiger charge is 2.04. The average Bonchev–Trinajstić information content (AvgIpc) is 2.26. The predicted molar refractivity (Wildman–Crippen MR) is 63.5 cm³/mol. The fraction of sp³-hybridized carbons (Fsp3) is 0.333. The van der Waals surface area contributed by atoms with E-state index in [9.17, 15) is 4.79 Å². The van der Waals surface area contributed by atoms with Crippen LogP contribution in [-0.4, -0.2) is 16.7 Å². The minimum Gasteiger partial charge on any atom is -0.508 e. The van der Waals surface area contributed by atoms with E-state index in [1.807, 2.05) is 20.8 Å². The molecule has 0 saturated heterocycles. The number of nitrogens with zero attached hydrogens (tertiary/aromatic N) is 1. The molecule has 0 spiro atoms. The van der Waals surface area contributed by atoms with Crippen molar-refractivity contribution in [2.75, 3.05) is 0 Å². The number of nitrogens with one attached hydrogen (secondary N) is 1. The van der Waals surface area contributed by atoms with Crippen molar-refractivity contribution >= 4 is 11.6 Å². The number of hydrazone groups is 1. The summed E-state index contributed by atoms with van der Waals surface area (Å²) in [7, 11) is 0. The second-order valence-electron chi connectivity index (χ2n) is 3.90. The Morgan fingerprint density at radius 1 is 1.31 bits per heavy atom. The first-order valence-electron chi connectivity index (χ1n) is 5.14. The molecule has 0 aromatic heterocycles. The van der Waals surface area contributed by atoms with E-state index in [0.717, 1.165) is 5.71 Å². The number of benzene rings is 1. The van der Waals surface area contributed by atoms with Gasteiger partial charge in [0.2, 0.25) is 0 Å². The van der Waals surface area contributed by atoms with Crippen molar-refractivity contribution in [3.63, 3.8) is 0 Å². The molecular formula is C12H16N2O2. The molecule has 1 aromatic carbocycles. The number of carbonyl (C=O) groups is 1. The quantitative estimate of drug-likeness (QED) is 0.605. The minimum atomic E-state index is -0.278. The molecule has 0 fully saturated rings. The third-order valence-electron chi connectivity index (χ3n) is 2.30. The highest BCUT2D eigenvalue weighted by atomic mass is 16.3. The Hall–Kier alpha value is -1.84. The number of carbonyl (C=O) groups excluding carboxylic acids is 1. The zero-order valence-corrected chi connectivity index (χ0v) is 9.69. The smallest absolute Gasteiger partial charge is 0.271 e. The summed E-state index contributed by atoms with van der Waals surface area (Å²) in [6.07, 6.45) is 0. The van der Waals surface area contributed by atoms with Gasteiger partial charge in [-0.3, -0.25) is 4.79 Å². The molecule has 2 N–H and O–H groups in total. The van der Waals surface area contributed by atoms with Crippen molar-refractivity contribution in [2.24, 2.45) is 11.0 Å². The predicted octanol–water partition coefficient (Wildman–Crippen LogP) is 2.15. The van der Waals surface area contributed by atoms with Crippen molar-refractivity contribution in [3.05, 3.63) is 29.8 Å². The molecule has 0 unspecified atom stereocenters. The Bertz CT molecular complexity index is 394. The normalized spacial score (nSPS) is 11.6. The van der Waals surface area contributed by atoms with Crippen LogP contribution in [-0.2, 0) is 0 Å². The molecule has 0 heterocycles. The monoisotopic (exact) mass is 220 g/mol. The molecule has 86 valence electrons. The Morgan fingerprint density at radius 3 is 2.38 bits per heavy atom. The fourth-order valence-corrected chi connectivity index (χ4v) is 0.945. The summed E-state index contributed by atoms with van der Waals surface area (Å²) in [5.74, 6) is 0.165. The minimum absolute atomic E-state index is 0.137. The van der Waals surface area contributed by atoms with Gasteiger partial charge in [-0.2, -0.15) is 5.10 Å². The van der Waals surface area contributed by atoms with Gasteiger partial charge >= 0.3 is 0 Å². The molecule has 0 atom stereocenters. The molecule has 0 aliphatic rings. The molecule has 1 amide bonds. The Labute approximate surface area is 95.0 Å². The van der Waals surface area contributed by atoms with Crippen LogP contribution in [0.4, 0.5) is 0 Å². The van der Waals surface area contributed by atoms with E-state index >= 15 is 0 Å². The SMILES string of the molecule is C/C(=N\NC(=O)c1ccc(O)cc1)C(C)C. The Morgan fingerprint density at radius 2 is 1.88 bits per heavy atom. The van der Waals surface area contributed by atoms with Gasteiger partial charge in [-0.25, -0.2) is 5.43 Å². The average molecular weight is 220 g/mol. The molecule has 4 nitrogen and oxygen atoms in total. The number of hydrogen-bond acceptors (Lipinski definition) is 3. The standard InChI is InChI=1S/C12H16N2O2/c1-8(2)9(3)13-14-12(16)10-4-6-11(15)7-5-10/h4-8,15H,1-3H3,(H,14,16)/b13-9+. The van der Waals surface area contributed by atoms with Crippen LogP contribution in [0.15, 0.2) is 29.4 Å². The number of hydrogen-bond donors (Lipinski definition) is 2. The van der Waals surface area contributed by atoms with Gasteiger partial charge in [-0.15, -0.1) is 0 Å². The molecule has 1 aromatic rings. The first-order chi connectivity index (χ1) is 7.50. The zero-order valence-electron chi connectivity index (χ0n) is 9.69. The van der Waals surface area contributed by atoms with E-state index in [2.05, 4.69) is 10.5 Å². The van der Waals surface area contributed by atoms with Crippen LogP contribution in [0, 0.1) is 5.92 Å². The van der Waals surface area contributed by atoms with E-state index in [0.29, 0.717) is 11.5 Å². The van der Waals surface area contributed by atoms with Crippen LogP contribution < -0.4 is 5.43 Å². The first kappa shape index (κ1) is 12.2. The largest absolute Gasteiger partial charge is 0.508 e. The van der Waals surface area contributed by atoms with E-state index in [4.69, 9.17) is 5.11 Å². The van der Waals surface area contributed by atoms with Gasteiger partial charge in [0.15, 0.2) is 0 Å². The zero-order chi connectivity index (χ0) is 12.1. The van der Waals surface area contributed by atoms with Gasteiger partial charge in [-0.1, -0.05) is 13.8 Å². The van der Waals surface area contributed by atoms with Crippen molar-refractivity contribution < 1.29 is 9.90 Å². The van der Waals surface area contributed by atoms with Gasteiger partial charge in [-0.05, 0) is 37.1 Å². The van der Waals surface area contributed by atoms with Crippen LogP contribution >= 0.6 is 0 Å². The van der Waals surface area contributed by atoms with E-state index < -0.39 is 0 Å². The summed E-state index contributed by atoms with van der Waals surface area (Å²) in [6.45, 7) is 5.87. The summed E-state index contributed by atoms with van der Waals surface area (Å²) >= 11 is 0. The van der Waals surface area contributed by atoms with Crippen molar-refractivity contribution in [3.8, 4) is 5.75 Å². The summed E-state index contributed by atoms with van der Waals surface area (Å²) in [5.41, 5.74) is 3.81. The van der Waals surface area contributed by atoms with E-state index in [-0.39, 0.29) is 11.7 Å². The number of aromatic hydroxyl groups is 1. The van der Waals surface area contributed by atoms with Crippen molar-refractivity contribution in [1.29, 1.82) is 0 Å². The van der Waals surface area contributed by atoms with Crippen LogP contribution in [0.1, 0.15) is 31.1 Å². The van der Waals surface area contributed by atoms with E-state index in [1.165, 1.54) is 12.1 Å². The molecular weight excluding hydrogens is 204 g/mol. The van der Waals surface area contributed by atoms with Crippen LogP contribution in [0.3, 0.4) is 0 Å². The molecule has 0 radical (unpaired) electrons. The second kappa shape index (κ2) is 5.30. The molecule has 0 aliphatic carbocycles. The number of phenols is 1. The maximum Gasteiger partial charge on any atom is 0.271 e. The molecule has 0 bridgehead atoms. The number of amides is 1. The molecule has 16 heavy (non-hydrogen) atoms. The maximum absolute atomic E-state index is 11.6. The van der Waals surface area contributed by atoms with E-state index in [1.54, 1.807) is 12.1 Å². The van der Waals surface area contributed by atoms with Crippen LogP contribution in [0.2, 0.25) is 0 Å². The second-order valence-corrected chi connectivity index (χ2v) is 3.90. The lowest BCUT2D eigenvalue weighted by atomic mass is 10.1. The lowest BCUT2D eigenvalue weighted by Gasteiger charge is -2.04. The highest BCUT2D eigenvalue weighted by molar-refractivity contribution is 5.95. The Balaban J connectivity index is 2.66. The third-order valence-corrected chi connectivity index (χ3v) is 2.30. The molecule has 0 aliphatic heterocycles. The van der Waals surface area contributed by atoms with Crippen LogP contribution in [0.5, 0.6) is 5.75 Å². The summed E-state index contributed by atoms with van der Waals surface area (Å²) < 4.78 is 0. The van der Waals surface area contributed by atoms with Gasteiger partial charge in [0, 0.05) is 11.3 Å². The van der Waals surface area contributed by atoms with Gasteiger partial charge in [0.1, 0.15) is 5.75 Å². The molecule has 1 rings (SSSR count). The number of rotatable bonds is 3. The topological polar surface area (TPSA) is 61.7 Å². The summed E-state index contributed by atoms with van der Waals surface area (Å²) in [6, 6.07) is 6.03. The first-order valence-corrected chi connectivity index (χ1v) is 5.14. The van der Waals surface area contributed by atoms with Gasteiger partial charge in [0.05, 0.1) is 0 Å². The summed E-state index contributed by atoms with van der Waals surface area (Å²) in [4.78, 5) is 11.6.